The molecule has 0 saturated heterocycles. The van der Waals surface area contributed by atoms with E-state index in [9.17, 15) is 4.79 Å². The summed E-state index contributed by atoms with van der Waals surface area (Å²) in [6, 6.07) is 14.1. The molecular weight excluding hydrogens is 334 g/mol. The molecule has 1 aliphatic heterocycles. The number of benzene rings is 2. The SMILES string of the molecule is Cc1ccc2nc(C3CC3)cc(C(=O)N3CCCc4c(N)cccc43)c2c1. The number of aromatic nitrogens is 1. The molecule has 136 valence electrons. The number of pyridine rings is 1. The normalized spacial score (nSPS) is 16.4. The van der Waals surface area contributed by atoms with Gasteiger partial charge >= 0.3 is 0 Å². The lowest BCUT2D eigenvalue weighted by Crippen LogP contribution is -2.36. The van der Waals surface area contributed by atoms with Crippen molar-refractivity contribution in [3.8, 4) is 0 Å². The van der Waals surface area contributed by atoms with Gasteiger partial charge in [-0.05, 0) is 68.5 Å². The Hall–Kier alpha value is -2.88. The van der Waals surface area contributed by atoms with E-state index in [0.29, 0.717) is 5.92 Å². The van der Waals surface area contributed by atoms with Crippen molar-refractivity contribution >= 4 is 28.2 Å². The molecule has 1 fully saturated rings. The highest BCUT2D eigenvalue weighted by Gasteiger charge is 2.30. The fourth-order valence-electron chi connectivity index (χ4n) is 4.13. The summed E-state index contributed by atoms with van der Waals surface area (Å²) in [5.41, 5.74) is 12.9. The second-order valence-electron chi connectivity index (χ2n) is 7.79. The molecule has 0 spiro atoms. The van der Waals surface area contributed by atoms with Gasteiger partial charge in [-0.15, -0.1) is 0 Å². The number of hydrogen-bond donors (Lipinski definition) is 1. The Labute approximate surface area is 159 Å². The highest BCUT2D eigenvalue weighted by atomic mass is 16.2. The summed E-state index contributed by atoms with van der Waals surface area (Å²) < 4.78 is 0. The number of fused-ring (bicyclic) bond motifs is 2. The van der Waals surface area contributed by atoms with E-state index in [1.54, 1.807) is 0 Å². The van der Waals surface area contributed by atoms with Crippen LogP contribution in [-0.2, 0) is 6.42 Å². The molecule has 0 atom stereocenters. The van der Waals surface area contributed by atoms with Gasteiger partial charge in [-0.3, -0.25) is 9.78 Å². The molecule has 2 heterocycles. The predicted octanol–water partition coefficient (Wildman–Crippen LogP) is 4.60. The van der Waals surface area contributed by atoms with E-state index in [-0.39, 0.29) is 5.91 Å². The molecule has 0 radical (unpaired) electrons. The number of nitrogens with zero attached hydrogens (tertiary/aromatic N) is 2. The standard InChI is InChI=1S/C23H23N3O/c1-14-7-10-20-17(12-14)18(13-21(25-20)15-8-9-15)23(27)26-11-3-4-16-19(24)5-2-6-22(16)26/h2,5-7,10,12-13,15H,3-4,8-9,11,24H2,1H3. The first-order valence-electron chi connectivity index (χ1n) is 9.72. The fraction of sp³-hybridized carbons (Fsp3) is 0.304. The van der Waals surface area contributed by atoms with Gasteiger partial charge in [0.1, 0.15) is 0 Å². The summed E-state index contributed by atoms with van der Waals surface area (Å²) in [5, 5.41) is 0.945. The van der Waals surface area contributed by atoms with Gasteiger partial charge in [-0.25, -0.2) is 0 Å². The van der Waals surface area contributed by atoms with Gasteiger partial charge in [0.25, 0.3) is 5.91 Å². The average molecular weight is 357 g/mol. The molecule has 0 unspecified atom stereocenters. The Morgan fingerprint density at radius 1 is 1.19 bits per heavy atom. The Bertz CT molecular complexity index is 1070. The monoisotopic (exact) mass is 357 g/mol. The average Bonchev–Trinajstić information content (AvgIpc) is 3.52. The number of anilines is 2. The first-order chi connectivity index (χ1) is 13.1. The third-order valence-corrected chi connectivity index (χ3v) is 5.74. The van der Waals surface area contributed by atoms with Crippen LogP contribution in [0.3, 0.4) is 0 Å². The zero-order valence-electron chi connectivity index (χ0n) is 15.5. The maximum absolute atomic E-state index is 13.7. The number of hydrogen-bond acceptors (Lipinski definition) is 3. The molecule has 3 aromatic rings. The first kappa shape index (κ1) is 16.3. The van der Waals surface area contributed by atoms with E-state index in [1.165, 1.54) is 12.8 Å². The van der Waals surface area contributed by atoms with Crippen LogP contribution in [0.2, 0.25) is 0 Å². The zero-order valence-corrected chi connectivity index (χ0v) is 15.5. The third-order valence-electron chi connectivity index (χ3n) is 5.74. The van der Waals surface area contributed by atoms with Crippen LogP contribution in [0, 0.1) is 6.92 Å². The molecule has 1 amide bonds. The topological polar surface area (TPSA) is 59.2 Å². The Morgan fingerprint density at radius 3 is 2.85 bits per heavy atom. The number of nitrogen functional groups attached to an aromatic ring is 1. The minimum absolute atomic E-state index is 0.0569. The highest BCUT2D eigenvalue weighted by Crippen LogP contribution is 2.41. The van der Waals surface area contributed by atoms with Gasteiger partial charge < -0.3 is 10.6 Å². The van der Waals surface area contributed by atoms with E-state index in [1.807, 2.05) is 35.2 Å². The van der Waals surface area contributed by atoms with Crippen molar-refractivity contribution in [3.63, 3.8) is 0 Å². The molecule has 4 nitrogen and oxygen atoms in total. The maximum Gasteiger partial charge on any atom is 0.259 e. The summed E-state index contributed by atoms with van der Waals surface area (Å²) >= 11 is 0. The lowest BCUT2D eigenvalue weighted by atomic mass is 9.97. The minimum atomic E-state index is 0.0569. The number of carbonyl (C=O) groups excluding carboxylic acids is 1. The first-order valence-corrected chi connectivity index (χ1v) is 9.72. The molecule has 27 heavy (non-hydrogen) atoms. The van der Waals surface area contributed by atoms with Crippen molar-refractivity contribution in [3.05, 3.63) is 64.8 Å². The molecule has 2 aromatic carbocycles. The van der Waals surface area contributed by atoms with Crippen LogP contribution in [0.25, 0.3) is 10.9 Å². The van der Waals surface area contributed by atoms with Gasteiger partial charge in [0.15, 0.2) is 0 Å². The summed E-state index contributed by atoms with van der Waals surface area (Å²) in [6.45, 7) is 2.78. The van der Waals surface area contributed by atoms with Gasteiger partial charge in [0, 0.05) is 34.9 Å². The summed E-state index contributed by atoms with van der Waals surface area (Å²) in [5.74, 6) is 0.563. The van der Waals surface area contributed by atoms with Crippen molar-refractivity contribution < 1.29 is 4.79 Å². The third kappa shape index (κ3) is 2.76. The van der Waals surface area contributed by atoms with Crippen molar-refractivity contribution in [2.75, 3.05) is 17.2 Å². The van der Waals surface area contributed by atoms with Crippen LogP contribution in [0.1, 0.15) is 52.4 Å². The molecule has 1 saturated carbocycles. The van der Waals surface area contributed by atoms with E-state index in [2.05, 4.69) is 19.1 Å². The van der Waals surface area contributed by atoms with E-state index < -0.39 is 0 Å². The lowest BCUT2D eigenvalue weighted by molar-refractivity contribution is 0.0986. The van der Waals surface area contributed by atoms with Gasteiger partial charge in [0.05, 0.1) is 11.1 Å². The molecule has 1 aromatic heterocycles. The van der Waals surface area contributed by atoms with Crippen molar-refractivity contribution in [2.24, 2.45) is 0 Å². The van der Waals surface area contributed by atoms with Crippen molar-refractivity contribution in [2.45, 2.75) is 38.5 Å². The number of aryl methyl sites for hydroxylation is 1. The fourth-order valence-corrected chi connectivity index (χ4v) is 4.13. The van der Waals surface area contributed by atoms with Crippen LogP contribution >= 0.6 is 0 Å². The van der Waals surface area contributed by atoms with E-state index in [4.69, 9.17) is 10.7 Å². The number of amides is 1. The highest BCUT2D eigenvalue weighted by molar-refractivity contribution is 6.14. The molecule has 1 aliphatic carbocycles. The Kier molecular flexibility index (Phi) is 3.67. The Morgan fingerprint density at radius 2 is 2.04 bits per heavy atom. The quantitative estimate of drug-likeness (QED) is 0.682. The zero-order chi connectivity index (χ0) is 18.5. The number of carbonyl (C=O) groups is 1. The van der Waals surface area contributed by atoms with Crippen LogP contribution in [0.4, 0.5) is 11.4 Å². The van der Waals surface area contributed by atoms with E-state index in [0.717, 1.165) is 64.0 Å². The second-order valence-corrected chi connectivity index (χ2v) is 7.79. The summed E-state index contributed by atoms with van der Waals surface area (Å²) in [7, 11) is 0. The number of nitrogens with two attached hydrogens (primary N) is 1. The van der Waals surface area contributed by atoms with E-state index >= 15 is 0 Å². The lowest BCUT2D eigenvalue weighted by Gasteiger charge is -2.30. The van der Waals surface area contributed by atoms with Crippen LogP contribution in [0.5, 0.6) is 0 Å². The molecule has 4 heteroatoms. The minimum Gasteiger partial charge on any atom is -0.398 e. The summed E-state index contributed by atoms with van der Waals surface area (Å²) in [4.78, 5) is 20.4. The molecule has 2 N–H and O–H groups in total. The maximum atomic E-state index is 13.7. The van der Waals surface area contributed by atoms with Gasteiger partial charge in [0.2, 0.25) is 0 Å². The van der Waals surface area contributed by atoms with Gasteiger partial charge in [-0.2, -0.15) is 0 Å². The van der Waals surface area contributed by atoms with Crippen molar-refractivity contribution in [1.29, 1.82) is 0 Å². The second kappa shape index (κ2) is 6.08. The van der Waals surface area contributed by atoms with Crippen LogP contribution in [-0.4, -0.2) is 17.4 Å². The smallest absolute Gasteiger partial charge is 0.259 e. The molecule has 0 bridgehead atoms. The Balaban J connectivity index is 1.67. The van der Waals surface area contributed by atoms with Crippen LogP contribution in [0.15, 0.2) is 42.5 Å². The molecular formula is C23H23N3O. The summed E-state index contributed by atoms with van der Waals surface area (Å²) in [6.07, 6.45) is 4.20. The van der Waals surface area contributed by atoms with Crippen LogP contribution < -0.4 is 10.6 Å². The predicted molar refractivity (Wildman–Crippen MR) is 109 cm³/mol. The van der Waals surface area contributed by atoms with Gasteiger partial charge in [-0.1, -0.05) is 17.7 Å². The molecule has 5 rings (SSSR count). The number of rotatable bonds is 2. The molecule has 2 aliphatic rings. The van der Waals surface area contributed by atoms with Crippen molar-refractivity contribution in [1.82, 2.24) is 4.98 Å². The largest absolute Gasteiger partial charge is 0.398 e.